The monoisotopic (exact) mass is 332 g/mol. The predicted molar refractivity (Wildman–Crippen MR) is 92.1 cm³/mol. The van der Waals surface area contributed by atoms with Crippen LogP contribution >= 0.6 is 0 Å². The Balaban J connectivity index is 1.74. The van der Waals surface area contributed by atoms with E-state index in [-0.39, 0.29) is 11.6 Å². The summed E-state index contributed by atoms with van der Waals surface area (Å²) in [5, 5.41) is 10.0. The smallest absolute Gasteiger partial charge is 0.273 e. The molecule has 1 aromatic carbocycles. The van der Waals surface area contributed by atoms with Crippen LogP contribution in [0.25, 0.3) is 10.9 Å². The number of amides is 1. The number of methoxy groups -OCH3 is 1. The zero-order chi connectivity index (χ0) is 17.6. The fourth-order valence-corrected chi connectivity index (χ4v) is 3.39. The van der Waals surface area contributed by atoms with Gasteiger partial charge >= 0.3 is 0 Å². The van der Waals surface area contributed by atoms with E-state index in [4.69, 9.17) is 10.00 Å². The average Bonchev–Trinajstić information content (AvgIpc) is 3.23. The molecule has 0 atom stereocenters. The number of aryl methyl sites for hydroxylation is 1. The Morgan fingerprint density at radius 3 is 3.00 bits per heavy atom. The van der Waals surface area contributed by atoms with Gasteiger partial charge in [0.25, 0.3) is 5.91 Å². The number of benzene rings is 1. The highest BCUT2D eigenvalue weighted by atomic mass is 16.5. The summed E-state index contributed by atoms with van der Waals surface area (Å²) in [6.45, 7) is 2.93. The van der Waals surface area contributed by atoms with Crippen molar-refractivity contribution in [3.05, 3.63) is 58.5 Å². The zero-order valence-corrected chi connectivity index (χ0v) is 14.0. The molecular weight excluding hydrogens is 316 g/mol. The lowest BCUT2D eigenvalue weighted by atomic mass is 10.0. The molecule has 0 radical (unpaired) electrons. The van der Waals surface area contributed by atoms with Crippen molar-refractivity contribution in [2.24, 2.45) is 0 Å². The Morgan fingerprint density at radius 2 is 2.24 bits per heavy atom. The summed E-state index contributed by atoms with van der Waals surface area (Å²) >= 11 is 0. The van der Waals surface area contributed by atoms with Gasteiger partial charge in [0.1, 0.15) is 23.2 Å². The van der Waals surface area contributed by atoms with Crippen molar-refractivity contribution in [3.8, 4) is 11.8 Å². The number of rotatable bonds is 3. The molecule has 1 amide bonds. The van der Waals surface area contributed by atoms with Crippen LogP contribution in [-0.2, 0) is 13.1 Å². The lowest BCUT2D eigenvalue weighted by Gasteiger charge is -2.19. The Hall–Kier alpha value is -3.33. The quantitative estimate of drug-likeness (QED) is 0.799. The third-order valence-corrected chi connectivity index (χ3v) is 4.62. The number of hydrogen-bond donors (Lipinski definition) is 1. The summed E-state index contributed by atoms with van der Waals surface area (Å²) in [6.07, 6.45) is 1.89. The molecule has 25 heavy (non-hydrogen) atoms. The molecule has 0 bridgehead atoms. The van der Waals surface area contributed by atoms with Gasteiger partial charge in [0.2, 0.25) is 0 Å². The van der Waals surface area contributed by atoms with Crippen LogP contribution in [0.5, 0.6) is 5.75 Å². The molecule has 6 heteroatoms. The molecule has 1 aliphatic heterocycles. The molecule has 3 heterocycles. The number of pyridine rings is 1. The zero-order valence-electron chi connectivity index (χ0n) is 14.0. The van der Waals surface area contributed by atoms with Gasteiger partial charge in [-0.15, -0.1) is 0 Å². The highest BCUT2D eigenvalue weighted by Gasteiger charge is 2.30. The molecule has 0 saturated heterocycles. The number of nitrogens with one attached hydrogen (secondary N) is 1. The van der Waals surface area contributed by atoms with E-state index in [0.717, 1.165) is 33.3 Å². The van der Waals surface area contributed by atoms with Crippen molar-refractivity contribution in [2.45, 2.75) is 20.0 Å². The first-order valence-corrected chi connectivity index (χ1v) is 7.95. The van der Waals surface area contributed by atoms with Crippen LogP contribution in [0.3, 0.4) is 0 Å². The fourth-order valence-electron chi connectivity index (χ4n) is 3.39. The van der Waals surface area contributed by atoms with Crippen LogP contribution in [0.15, 0.2) is 30.5 Å². The second kappa shape index (κ2) is 5.64. The lowest BCUT2D eigenvalue weighted by Crippen LogP contribution is -2.24. The number of ether oxygens (including phenoxy) is 1. The number of aromatic amines is 1. The molecule has 0 aliphatic carbocycles. The molecule has 1 N–H and O–H groups in total. The maximum Gasteiger partial charge on any atom is 0.273 e. The van der Waals surface area contributed by atoms with E-state index in [1.54, 1.807) is 24.1 Å². The van der Waals surface area contributed by atoms with Gasteiger partial charge in [-0.3, -0.25) is 4.79 Å². The highest BCUT2D eigenvalue weighted by molar-refractivity contribution is 5.97. The van der Waals surface area contributed by atoms with Gasteiger partial charge in [0.05, 0.1) is 13.7 Å². The summed E-state index contributed by atoms with van der Waals surface area (Å²) in [5.74, 6) is 0.609. The number of nitriles is 1. The van der Waals surface area contributed by atoms with E-state index >= 15 is 0 Å². The number of carbonyl (C=O) groups excluding carboxylic acids is 1. The topological polar surface area (TPSA) is 82.0 Å². The summed E-state index contributed by atoms with van der Waals surface area (Å²) in [7, 11) is 1.64. The predicted octanol–water partition coefficient (Wildman–Crippen LogP) is 2.91. The largest absolute Gasteiger partial charge is 0.496 e. The van der Waals surface area contributed by atoms with E-state index in [1.807, 2.05) is 31.3 Å². The first kappa shape index (κ1) is 15.2. The van der Waals surface area contributed by atoms with E-state index in [0.29, 0.717) is 18.8 Å². The van der Waals surface area contributed by atoms with E-state index in [1.165, 1.54) is 0 Å². The van der Waals surface area contributed by atoms with Crippen LogP contribution in [0, 0.1) is 18.3 Å². The van der Waals surface area contributed by atoms with E-state index in [9.17, 15) is 4.79 Å². The lowest BCUT2D eigenvalue weighted by molar-refractivity contribution is 0.0762. The number of carbonyl (C=O) groups is 1. The van der Waals surface area contributed by atoms with Gasteiger partial charge in [0.15, 0.2) is 0 Å². The Labute approximate surface area is 144 Å². The van der Waals surface area contributed by atoms with Crippen molar-refractivity contribution < 1.29 is 9.53 Å². The molecule has 0 fully saturated rings. The van der Waals surface area contributed by atoms with Crippen molar-refractivity contribution in [3.63, 3.8) is 0 Å². The fraction of sp³-hybridized carbons (Fsp3) is 0.211. The first-order chi connectivity index (χ1) is 12.1. The second-order valence-electron chi connectivity index (χ2n) is 6.12. The minimum Gasteiger partial charge on any atom is -0.496 e. The average molecular weight is 332 g/mol. The standard InChI is InChI=1S/C19H16N4O2/c1-11-7-16(25-2)15(14-5-6-21-17(11)14)10-23-9-12-3-4-13(8-20)22-18(12)19(23)24/h3-7,21H,9-10H2,1-2H3. The molecule has 4 rings (SSSR count). The SMILES string of the molecule is COc1cc(C)c2[nH]ccc2c1CN1Cc2ccc(C#N)nc2C1=O. The molecular formula is C19H16N4O2. The molecule has 124 valence electrons. The maximum atomic E-state index is 12.7. The van der Waals surface area contributed by atoms with Crippen molar-refractivity contribution in [1.29, 1.82) is 5.26 Å². The third-order valence-electron chi connectivity index (χ3n) is 4.62. The normalized spacial score (nSPS) is 13.2. The van der Waals surface area contributed by atoms with Crippen molar-refractivity contribution >= 4 is 16.8 Å². The van der Waals surface area contributed by atoms with Gasteiger partial charge < -0.3 is 14.6 Å². The summed E-state index contributed by atoms with van der Waals surface area (Å²) in [5.41, 5.74) is 4.58. The number of nitrogens with zero attached hydrogens (tertiary/aromatic N) is 3. The van der Waals surface area contributed by atoms with Gasteiger partial charge in [-0.05, 0) is 30.7 Å². The minimum atomic E-state index is -0.154. The number of hydrogen-bond acceptors (Lipinski definition) is 4. The summed E-state index contributed by atoms with van der Waals surface area (Å²) < 4.78 is 5.55. The maximum absolute atomic E-state index is 12.7. The Bertz CT molecular complexity index is 1050. The van der Waals surface area contributed by atoms with Crippen LogP contribution in [0.4, 0.5) is 0 Å². The van der Waals surface area contributed by atoms with E-state index < -0.39 is 0 Å². The Morgan fingerprint density at radius 1 is 1.40 bits per heavy atom. The minimum absolute atomic E-state index is 0.154. The molecule has 1 aliphatic rings. The first-order valence-electron chi connectivity index (χ1n) is 7.95. The molecule has 0 unspecified atom stereocenters. The Kier molecular flexibility index (Phi) is 3.43. The summed E-state index contributed by atoms with van der Waals surface area (Å²) in [4.78, 5) is 21.9. The van der Waals surface area contributed by atoms with Crippen LogP contribution in [0.2, 0.25) is 0 Å². The number of aromatic nitrogens is 2. The van der Waals surface area contributed by atoms with Crippen LogP contribution in [-0.4, -0.2) is 27.9 Å². The molecule has 3 aromatic rings. The number of fused-ring (bicyclic) bond motifs is 2. The van der Waals surface area contributed by atoms with E-state index in [2.05, 4.69) is 9.97 Å². The van der Waals surface area contributed by atoms with Gasteiger partial charge in [-0.2, -0.15) is 5.26 Å². The van der Waals surface area contributed by atoms with Gasteiger partial charge in [-0.1, -0.05) is 6.07 Å². The molecule has 2 aromatic heterocycles. The van der Waals surface area contributed by atoms with Crippen LogP contribution < -0.4 is 4.74 Å². The van der Waals surface area contributed by atoms with Crippen molar-refractivity contribution in [1.82, 2.24) is 14.9 Å². The highest BCUT2D eigenvalue weighted by Crippen LogP contribution is 2.33. The molecule has 0 saturated carbocycles. The van der Waals surface area contributed by atoms with Gasteiger partial charge in [0, 0.05) is 34.8 Å². The number of H-pyrrole nitrogens is 1. The molecule has 0 spiro atoms. The summed E-state index contributed by atoms with van der Waals surface area (Å²) in [6, 6.07) is 9.41. The van der Waals surface area contributed by atoms with Gasteiger partial charge in [-0.25, -0.2) is 4.98 Å². The molecule has 6 nitrogen and oxygen atoms in total. The third kappa shape index (κ3) is 2.32. The second-order valence-corrected chi connectivity index (χ2v) is 6.12. The van der Waals surface area contributed by atoms with Crippen molar-refractivity contribution in [2.75, 3.05) is 7.11 Å². The van der Waals surface area contributed by atoms with Crippen LogP contribution in [0.1, 0.15) is 32.9 Å².